The van der Waals surface area contributed by atoms with Gasteiger partial charge in [0.05, 0.1) is 17.3 Å². The topological polar surface area (TPSA) is 40.6 Å². The first-order chi connectivity index (χ1) is 11.6. The Bertz CT molecular complexity index is 864. The van der Waals surface area contributed by atoms with Crippen LogP contribution in [-0.2, 0) is 11.3 Å². The number of nitrogens with zero attached hydrogens (tertiary/aromatic N) is 2. The average Bonchev–Trinajstić information content (AvgIpc) is 3.08. The molecule has 1 saturated heterocycles. The first kappa shape index (κ1) is 15.4. The van der Waals surface area contributed by atoms with Crippen molar-refractivity contribution in [3.05, 3.63) is 70.1 Å². The van der Waals surface area contributed by atoms with Crippen LogP contribution in [0.25, 0.3) is 0 Å². The number of para-hydroxylation sites is 1. The third kappa shape index (κ3) is 2.52. The molecule has 4 nitrogen and oxygen atoms in total. The van der Waals surface area contributed by atoms with Gasteiger partial charge in [0.25, 0.3) is 11.1 Å². The number of hydrogen-bond acceptors (Lipinski definition) is 5. The molecule has 2 heterocycles. The lowest BCUT2D eigenvalue weighted by Gasteiger charge is -2.15. The Morgan fingerprint density at radius 1 is 0.917 bits per heavy atom. The number of anilines is 1. The molecule has 2 aliphatic heterocycles. The van der Waals surface area contributed by atoms with E-state index in [1.165, 1.54) is 4.90 Å². The van der Waals surface area contributed by atoms with E-state index >= 15 is 0 Å². The van der Waals surface area contributed by atoms with Crippen LogP contribution in [-0.4, -0.2) is 23.1 Å². The van der Waals surface area contributed by atoms with E-state index in [1.807, 2.05) is 66.5 Å². The molecule has 6 heteroatoms. The highest BCUT2D eigenvalue weighted by Gasteiger charge is 2.40. The number of imide groups is 1. The maximum Gasteiger partial charge on any atom is 0.293 e. The summed E-state index contributed by atoms with van der Waals surface area (Å²) in [4.78, 5) is 30.1. The lowest BCUT2D eigenvalue weighted by Crippen LogP contribution is -2.28. The van der Waals surface area contributed by atoms with Crippen LogP contribution in [0.1, 0.15) is 5.56 Å². The molecule has 2 aromatic rings. The second-order valence-corrected chi connectivity index (χ2v) is 7.50. The van der Waals surface area contributed by atoms with Crippen molar-refractivity contribution in [1.29, 1.82) is 0 Å². The molecule has 0 atom stereocenters. The molecule has 2 amide bonds. The summed E-state index contributed by atoms with van der Waals surface area (Å²) in [6.07, 6.45) is 0. The minimum Gasteiger partial charge on any atom is -0.337 e. The van der Waals surface area contributed by atoms with Gasteiger partial charge in [0.15, 0.2) is 0 Å². The summed E-state index contributed by atoms with van der Waals surface area (Å²) in [5.41, 5.74) is 2.01. The number of hydrogen-bond donors (Lipinski definition) is 0. The van der Waals surface area contributed by atoms with E-state index in [4.69, 9.17) is 0 Å². The van der Waals surface area contributed by atoms with Crippen LogP contribution in [0.3, 0.4) is 0 Å². The molecule has 0 radical (unpaired) electrons. The van der Waals surface area contributed by atoms with Crippen LogP contribution in [0.2, 0.25) is 0 Å². The zero-order valence-electron chi connectivity index (χ0n) is 12.9. The van der Waals surface area contributed by atoms with E-state index in [2.05, 4.69) is 0 Å². The Labute approximate surface area is 148 Å². The molecule has 2 aliphatic rings. The molecule has 0 N–H and O–H groups in total. The van der Waals surface area contributed by atoms with Crippen molar-refractivity contribution in [2.75, 3.05) is 11.9 Å². The lowest BCUT2D eigenvalue weighted by atomic mass is 10.2. The SMILES string of the molecule is CN1/C(=C2/SC(=O)N(Cc3ccccc3)C2=O)Sc2ccccc21. The number of rotatable bonds is 2. The van der Waals surface area contributed by atoms with Crippen LogP contribution in [0.15, 0.2) is 69.4 Å². The highest BCUT2D eigenvalue weighted by molar-refractivity contribution is 8.19. The van der Waals surface area contributed by atoms with Crippen LogP contribution < -0.4 is 4.90 Å². The third-order valence-electron chi connectivity index (χ3n) is 3.96. The summed E-state index contributed by atoms with van der Waals surface area (Å²) in [7, 11) is 1.93. The van der Waals surface area contributed by atoms with Gasteiger partial charge in [0.2, 0.25) is 0 Å². The molecule has 0 spiro atoms. The van der Waals surface area contributed by atoms with Gasteiger partial charge in [0.1, 0.15) is 4.91 Å². The van der Waals surface area contributed by atoms with E-state index in [0.717, 1.165) is 32.9 Å². The molecular formula is C18H14N2O2S2. The smallest absolute Gasteiger partial charge is 0.293 e. The molecule has 0 unspecified atom stereocenters. The zero-order valence-corrected chi connectivity index (χ0v) is 14.6. The summed E-state index contributed by atoms with van der Waals surface area (Å²) in [6.45, 7) is 0.309. The standard InChI is InChI=1S/C18H14N2O2S2/c1-19-13-9-5-6-10-14(13)23-17(19)15-16(21)20(18(22)24-15)11-12-7-3-2-4-8-12/h2-10H,11H2,1H3/b17-15-. The summed E-state index contributed by atoms with van der Waals surface area (Å²) < 4.78 is 0. The highest BCUT2D eigenvalue weighted by atomic mass is 32.2. The third-order valence-corrected chi connectivity index (χ3v) is 6.30. The van der Waals surface area contributed by atoms with Crippen molar-refractivity contribution in [3.63, 3.8) is 0 Å². The van der Waals surface area contributed by atoms with E-state index in [9.17, 15) is 9.59 Å². The summed E-state index contributed by atoms with van der Waals surface area (Å²) in [5, 5.41) is 0.617. The molecule has 4 rings (SSSR count). The predicted molar refractivity (Wildman–Crippen MR) is 97.7 cm³/mol. The Hall–Kier alpha value is -2.18. The van der Waals surface area contributed by atoms with Crippen LogP contribution in [0.5, 0.6) is 0 Å². The number of carbonyl (C=O) groups is 2. The van der Waals surface area contributed by atoms with E-state index in [0.29, 0.717) is 11.4 Å². The Morgan fingerprint density at radius 3 is 2.38 bits per heavy atom. The number of carbonyl (C=O) groups excluding carboxylic acids is 2. The van der Waals surface area contributed by atoms with Gasteiger partial charge in [-0.1, -0.05) is 54.2 Å². The second kappa shape index (κ2) is 6.03. The van der Waals surface area contributed by atoms with Gasteiger partial charge in [-0.2, -0.15) is 0 Å². The van der Waals surface area contributed by atoms with Crippen molar-refractivity contribution in [2.24, 2.45) is 0 Å². The molecule has 1 fully saturated rings. The van der Waals surface area contributed by atoms with E-state index in [1.54, 1.807) is 11.8 Å². The maximum absolute atomic E-state index is 12.8. The zero-order chi connectivity index (χ0) is 16.7. The summed E-state index contributed by atoms with van der Waals surface area (Å²) >= 11 is 2.57. The summed E-state index contributed by atoms with van der Waals surface area (Å²) in [6, 6.07) is 17.6. The average molecular weight is 354 g/mol. The number of thioether (sulfide) groups is 2. The first-order valence-electron chi connectivity index (χ1n) is 7.47. The molecule has 120 valence electrons. The maximum atomic E-state index is 12.8. The largest absolute Gasteiger partial charge is 0.337 e. The fourth-order valence-electron chi connectivity index (χ4n) is 2.73. The summed E-state index contributed by atoms with van der Waals surface area (Å²) in [5.74, 6) is -0.212. The van der Waals surface area contributed by atoms with Crippen molar-refractivity contribution in [2.45, 2.75) is 11.4 Å². The van der Waals surface area contributed by atoms with Gasteiger partial charge in [-0.15, -0.1) is 0 Å². The second-order valence-electron chi connectivity index (χ2n) is 5.51. The highest BCUT2D eigenvalue weighted by Crippen LogP contribution is 2.49. The van der Waals surface area contributed by atoms with Gasteiger partial charge >= 0.3 is 0 Å². The van der Waals surface area contributed by atoms with Gasteiger partial charge < -0.3 is 4.90 Å². The van der Waals surface area contributed by atoms with Crippen molar-refractivity contribution < 1.29 is 9.59 Å². The Morgan fingerprint density at radius 2 is 1.62 bits per heavy atom. The molecule has 2 aromatic carbocycles. The minimum absolute atomic E-state index is 0.212. The predicted octanol–water partition coefficient (Wildman–Crippen LogP) is 4.29. The van der Waals surface area contributed by atoms with Crippen LogP contribution >= 0.6 is 23.5 Å². The van der Waals surface area contributed by atoms with Gasteiger partial charge in [-0.05, 0) is 29.5 Å². The molecule has 0 bridgehead atoms. The van der Waals surface area contributed by atoms with Crippen molar-refractivity contribution in [3.8, 4) is 0 Å². The number of amides is 2. The van der Waals surface area contributed by atoms with Gasteiger partial charge in [-0.3, -0.25) is 14.5 Å². The molecule has 0 aromatic heterocycles. The van der Waals surface area contributed by atoms with Crippen LogP contribution in [0.4, 0.5) is 10.5 Å². The van der Waals surface area contributed by atoms with E-state index in [-0.39, 0.29) is 11.1 Å². The molecule has 0 saturated carbocycles. The number of benzene rings is 2. The first-order valence-corrected chi connectivity index (χ1v) is 9.11. The van der Waals surface area contributed by atoms with Gasteiger partial charge in [0, 0.05) is 11.9 Å². The van der Waals surface area contributed by atoms with Crippen molar-refractivity contribution in [1.82, 2.24) is 4.90 Å². The van der Waals surface area contributed by atoms with E-state index < -0.39 is 0 Å². The monoisotopic (exact) mass is 354 g/mol. The fraction of sp³-hybridized carbons (Fsp3) is 0.111. The van der Waals surface area contributed by atoms with Crippen molar-refractivity contribution >= 4 is 40.4 Å². The van der Waals surface area contributed by atoms with Crippen LogP contribution in [0, 0.1) is 0 Å². The Kier molecular flexibility index (Phi) is 3.86. The number of fused-ring (bicyclic) bond motifs is 1. The molecule has 0 aliphatic carbocycles. The quantitative estimate of drug-likeness (QED) is 0.752. The molecular weight excluding hydrogens is 340 g/mol. The normalized spacial score (nSPS) is 20.0. The van der Waals surface area contributed by atoms with Gasteiger partial charge in [-0.25, -0.2) is 0 Å². The molecule has 24 heavy (non-hydrogen) atoms. The minimum atomic E-state index is -0.212. The lowest BCUT2D eigenvalue weighted by molar-refractivity contribution is -0.123. The Balaban J connectivity index is 1.65. The fourth-order valence-corrected chi connectivity index (χ4v) is 4.91.